The lowest BCUT2D eigenvalue weighted by molar-refractivity contribution is -0.155. The molecule has 100 valence electrons. The number of aryl methyl sites for hydroxylation is 1. The zero-order valence-electron chi connectivity index (χ0n) is 10.7. The minimum atomic E-state index is -0.877. The number of aliphatic carboxylic acids is 1. The van der Waals surface area contributed by atoms with Crippen LogP contribution in [0.25, 0.3) is 0 Å². The third-order valence-electron chi connectivity index (χ3n) is 4.22. The quantitative estimate of drug-likeness (QED) is 0.840. The molecule has 1 saturated heterocycles. The first-order valence-corrected chi connectivity index (χ1v) is 6.80. The number of nitrogens with zero attached hydrogens (tertiary/aromatic N) is 1. The lowest BCUT2D eigenvalue weighted by Gasteiger charge is -2.39. The van der Waals surface area contributed by atoms with Crippen LogP contribution in [0.2, 0.25) is 0 Å². The van der Waals surface area contributed by atoms with Crippen molar-refractivity contribution in [3.05, 3.63) is 35.4 Å². The second-order valence-corrected chi connectivity index (χ2v) is 5.30. The lowest BCUT2D eigenvalue weighted by Crippen LogP contribution is -2.49. The molecule has 2 heterocycles. The SMILES string of the molecule is O=C(O)[C@@H]1CCC[C@@H]2c3ccccc3CCC(=O)N21. The minimum Gasteiger partial charge on any atom is -0.480 e. The molecule has 19 heavy (non-hydrogen) atoms. The second-order valence-electron chi connectivity index (χ2n) is 5.30. The molecule has 0 aliphatic carbocycles. The maximum absolute atomic E-state index is 12.3. The molecule has 1 fully saturated rings. The molecule has 2 atom stereocenters. The molecule has 2 aliphatic heterocycles. The van der Waals surface area contributed by atoms with Gasteiger partial charge in [-0.2, -0.15) is 0 Å². The third-order valence-corrected chi connectivity index (χ3v) is 4.22. The molecular formula is C15H17NO3. The molecule has 4 nitrogen and oxygen atoms in total. The van der Waals surface area contributed by atoms with Crippen molar-refractivity contribution in [2.45, 2.75) is 44.2 Å². The fourth-order valence-electron chi connectivity index (χ4n) is 3.35. The van der Waals surface area contributed by atoms with Gasteiger partial charge in [-0.25, -0.2) is 4.79 Å². The van der Waals surface area contributed by atoms with Gasteiger partial charge in [0.05, 0.1) is 6.04 Å². The second kappa shape index (κ2) is 4.68. The molecule has 0 radical (unpaired) electrons. The van der Waals surface area contributed by atoms with Gasteiger partial charge < -0.3 is 10.0 Å². The van der Waals surface area contributed by atoms with Gasteiger partial charge in [-0.15, -0.1) is 0 Å². The summed E-state index contributed by atoms with van der Waals surface area (Å²) in [5.41, 5.74) is 2.33. The highest BCUT2D eigenvalue weighted by molar-refractivity contribution is 5.85. The standard InChI is InChI=1S/C15H17NO3/c17-14-9-8-10-4-1-2-5-11(10)12-6-3-7-13(15(18)19)16(12)14/h1-2,4-5,12-13H,3,6-9H2,(H,18,19)/t12-,13+/m1/s1. The Morgan fingerprint density at radius 3 is 2.79 bits per heavy atom. The Kier molecular flexibility index (Phi) is 3.01. The molecule has 1 amide bonds. The largest absolute Gasteiger partial charge is 0.480 e. The van der Waals surface area contributed by atoms with Gasteiger partial charge in [-0.3, -0.25) is 4.79 Å². The van der Waals surface area contributed by atoms with Crippen LogP contribution < -0.4 is 0 Å². The van der Waals surface area contributed by atoms with E-state index in [1.165, 1.54) is 5.56 Å². The summed E-state index contributed by atoms with van der Waals surface area (Å²) in [5.74, 6) is -0.897. The first-order chi connectivity index (χ1) is 9.18. The molecule has 2 aliphatic rings. The molecule has 4 heteroatoms. The van der Waals surface area contributed by atoms with Gasteiger partial charge in [-0.05, 0) is 36.8 Å². The summed E-state index contributed by atoms with van der Waals surface area (Å²) < 4.78 is 0. The van der Waals surface area contributed by atoms with Crippen molar-refractivity contribution in [2.75, 3.05) is 0 Å². The van der Waals surface area contributed by atoms with E-state index < -0.39 is 12.0 Å². The Labute approximate surface area is 112 Å². The van der Waals surface area contributed by atoms with E-state index in [2.05, 4.69) is 6.07 Å². The Morgan fingerprint density at radius 1 is 1.21 bits per heavy atom. The Balaban J connectivity index is 2.06. The molecule has 1 aromatic rings. The zero-order valence-corrected chi connectivity index (χ0v) is 10.7. The number of carboxylic acids is 1. The summed E-state index contributed by atoms with van der Waals surface area (Å²) in [5, 5.41) is 9.34. The molecule has 0 aromatic heterocycles. The highest BCUT2D eigenvalue weighted by Gasteiger charge is 2.40. The van der Waals surface area contributed by atoms with Crippen molar-refractivity contribution in [3.8, 4) is 0 Å². The third kappa shape index (κ3) is 2.01. The van der Waals surface area contributed by atoms with Crippen LogP contribution in [0, 0.1) is 0 Å². The van der Waals surface area contributed by atoms with E-state index in [1.54, 1.807) is 4.90 Å². The molecule has 3 rings (SSSR count). The topological polar surface area (TPSA) is 57.6 Å². The Hall–Kier alpha value is -1.84. The van der Waals surface area contributed by atoms with Crippen molar-refractivity contribution >= 4 is 11.9 Å². The molecule has 0 spiro atoms. The maximum Gasteiger partial charge on any atom is 0.326 e. The fourth-order valence-corrected chi connectivity index (χ4v) is 3.35. The van der Waals surface area contributed by atoms with Crippen molar-refractivity contribution in [1.82, 2.24) is 4.90 Å². The van der Waals surface area contributed by atoms with E-state index in [0.29, 0.717) is 19.3 Å². The lowest BCUT2D eigenvalue weighted by atomic mass is 9.89. The number of benzene rings is 1. The molecular weight excluding hydrogens is 242 g/mol. The van der Waals surface area contributed by atoms with E-state index >= 15 is 0 Å². The predicted octanol–water partition coefficient (Wildman–Crippen LogP) is 2.14. The van der Waals surface area contributed by atoms with Crippen LogP contribution in [0.4, 0.5) is 0 Å². The van der Waals surface area contributed by atoms with Crippen LogP contribution in [0.3, 0.4) is 0 Å². The van der Waals surface area contributed by atoms with E-state index in [0.717, 1.165) is 18.4 Å². The summed E-state index contributed by atoms with van der Waals surface area (Å²) in [4.78, 5) is 25.3. The van der Waals surface area contributed by atoms with E-state index in [9.17, 15) is 14.7 Å². The van der Waals surface area contributed by atoms with Gasteiger partial charge in [-0.1, -0.05) is 24.3 Å². The number of hydrogen-bond acceptors (Lipinski definition) is 2. The Bertz CT molecular complexity index is 526. The summed E-state index contributed by atoms with van der Waals surface area (Å²) >= 11 is 0. The van der Waals surface area contributed by atoms with Crippen molar-refractivity contribution in [1.29, 1.82) is 0 Å². The number of hydrogen-bond donors (Lipinski definition) is 1. The number of rotatable bonds is 1. The van der Waals surface area contributed by atoms with Crippen molar-refractivity contribution in [3.63, 3.8) is 0 Å². The van der Waals surface area contributed by atoms with Crippen LogP contribution in [0.5, 0.6) is 0 Å². The number of fused-ring (bicyclic) bond motifs is 3. The summed E-state index contributed by atoms with van der Waals surface area (Å²) in [6, 6.07) is 7.33. The molecule has 1 N–H and O–H groups in total. The van der Waals surface area contributed by atoms with E-state index in [1.807, 2.05) is 18.2 Å². The normalized spacial score (nSPS) is 26.3. The number of carbonyl (C=O) groups is 2. The number of amides is 1. The number of carboxylic acid groups (broad SMARTS) is 1. The highest BCUT2D eigenvalue weighted by atomic mass is 16.4. The number of piperidine rings is 1. The average molecular weight is 259 g/mol. The Morgan fingerprint density at radius 2 is 2.00 bits per heavy atom. The summed E-state index contributed by atoms with van der Waals surface area (Å²) in [7, 11) is 0. The first-order valence-electron chi connectivity index (χ1n) is 6.80. The van der Waals surface area contributed by atoms with Gasteiger partial charge >= 0.3 is 5.97 Å². The fraction of sp³-hybridized carbons (Fsp3) is 0.467. The maximum atomic E-state index is 12.3. The van der Waals surface area contributed by atoms with Gasteiger partial charge in [0, 0.05) is 6.42 Å². The van der Waals surface area contributed by atoms with E-state index in [4.69, 9.17) is 0 Å². The summed E-state index contributed by atoms with van der Waals surface area (Å²) in [6.07, 6.45) is 3.43. The van der Waals surface area contributed by atoms with Crippen molar-refractivity contribution in [2.24, 2.45) is 0 Å². The van der Waals surface area contributed by atoms with Crippen LogP contribution in [0.15, 0.2) is 24.3 Å². The van der Waals surface area contributed by atoms with Crippen LogP contribution in [-0.2, 0) is 16.0 Å². The van der Waals surface area contributed by atoms with Gasteiger partial charge in [0.15, 0.2) is 0 Å². The monoisotopic (exact) mass is 259 g/mol. The smallest absolute Gasteiger partial charge is 0.326 e. The summed E-state index contributed by atoms with van der Waals surface area (Å²) in [6.45, 7) is 0. The van der Waals surface area contributed by atoms with Crippen molar-refractivity contribution < 1.29 is 14.7 Å². The van der Waals surface area contributed by atoms with Gasteiger partial charge in [0.25, 0.3) is 0 Å². The molecule has 1 aromatic carbocycles. The van der Waals surface area contributed by atoms with Crippen LogP contribution in [0.1, 0.15) is 42.9 Å². The van der Waals surface area contributed by atoms with Gasteiger partial charge in [0.1, 0.15) is 6.04 Å². The first kappa shape index (κ1) is 12.2. The molecule has 0 saturated carbocycles. The molecule has 0 bridgehead atoms. The number of carbonyl (C=O) groups excluding carboxylic acids is 1. The zero-order chi connectivity index (χ0) is 13.4. The van der Waals surface area contributed by atoms with Gasteiger partial charge in [0.2, 0.25) is 5.91 Å². The van der Waals surface area contributed by atoms with E-state index in [-0.39, 0.29) is 11.9 Å². The predicted molar refractivity (Wildman–Crippen MR) is 69.6 cm³/mol. The van der Waals surface area contributed by atoms with Crippen LogP contribution >= 0.6 is 0 Å². The average Bonchev–Trinajstić information content (AvgIpc) is 2.57. The molecule has 0 unspecified atom stereocenters. The highest BCUT2D eigenvalue weighted by Crippen LogP contribution is 2.38. The minimum absolute atomic E-state index is 0.0201. The van der Waals surface area contributed by atoms with Crippen LogP contribution in [-0.4, -0.2) is 27.9 Å².